The van der Waals surface area contributed by atoms with E-state index in [2.05, 4.69) is 15.6 Å². The van der Waals surface area contributed by atoms with Gasteiger partial charge >= 0.3 is 0 Å². The predicted molar refractivity (Wildman–Crippen MR) is 95.8 cm³/mol. The number of carbonyl (C=O) groups excluding carboxylic acids is 1. The quantitative estimate of drug-likeness (QED) is 0.790. The zero-order chi connectivity index (χ0) is 17.5. The van der Waals surface area contributed by atoms with Gasteiger partial charge < -0.3 is 15.4 Å². The van der Waals surface area contributed by atoms with E-state index in [9.17, 15) is 9.18 Å². The van der Waals surface area contributed by atoms with Crippen LogP contribution in [0.3, 0.4) is 0 Å². The van der Waals surface area contributed by atoms with Gasteiger partial charge in [-0.2, -0.15) is 0 Å². The maximum Gasteiger partial charge on any atom is 0.248 e. The fourth-order valence-electron chi connectivity index (χ4n) is 2.60. The second kappa shape index (κ2) is 8.39. The summed E-state index contributed by atoms with van der Waals surface area (Å²) in [6.45, 7) is 1.35. The monoisotopic (exact) mass is 341 g/mol. The summed E-state index contributed by atoms with van der Waals surface area (Å²) in [4.78, 5) is 15.8. The number of aromatic nitrogens is 1. The lowest BCUT2D eigenvalue weighted by atomic mass is 10.2. The van der Waals surface area contributed by atoms with Gasteiger partial charge in [0, 0.05) is 37.3 Å². The molecule has 25 heavy (non-hydrogen) atoms. The number of benzene rings is 1. The molecule has 1 aliphatic heterocycles. The highest BCUT2D eigenvalue weighted by molar-refractivity contribution is 6.02. The van der Waals surface area contributed by atoms with E-state index in [1.165, 1.54) is 12.1 Å². The minimum atomic E-state index is -0.408. The summed E-state index contributed by atoms with van der Waals surface area (Å²) in [7, 11) is 0. The lowest BCUT2D eigenvalue weighted by Gasteiger charge is -2.13. The maximum atomic E-state index is 14.1. The molecule has 0 spiro atoms. The standard InChI is InChI=1S/C19H20FN3O2/c20-17-12-15(4-5-18(17)22-13-16-2-1-11-25-16)23-19(24)6-3-14-7-9-21-10-8-14/h3-10,12,16,22H,1-2,11,13H2,(H,23,24)/b6-3+. The van der Waals surface area contributed by atoms with E-state index >= 15 is 0 Å². The second-order valence-electron chi connectivity index (χ2n) is 5.81. The number of hydrogen-bond acceptors (Lipinski definition) is 4. The Morgan fingerprint density at radius 1 is 1.32 bits per heavy atom. The maximum absolute atomic E-state index is 14.1. The number of pyridine rings is 1. The van der Waals surface area contributed by atoms with E-state index in [-0.39, 0.29) is 12.0 Å². The van der Waals surface area contributed by atoms with Crippen molar-refractivity contribution in [1.29, 1.82) is 0 Å². The first kappa shape index (κ1) is 17.1. The molecule has 3 rings (SSSR count). The summed E-state index contributed by atoms with van der Waals surface area (Å²) in [6.07, 6.45) is 8.54. The molecule has 2 heterocycles. The first-order chi connectivity index (χ1) is 12.2. The molecule has 130 valence electrons. The third-order valence-corrected chi connectivity index (χ3v) is 3.91. The van der Waals surface area contributed by atoms with Crippen molar-refractivity contribution >= 4 is 23.4 Å². The molecule has 0 radical (unpaired) electrons. The van der Waals surface area contributed by atoms with E-state index in [4.69, 9.17) is 4.74 Å². The van der Waals surface area contributed by atoms with Crippen molar-refractivity contribution in [2.24, 2.45) is 0 Å². The summed E-state index contributed by atoms with van der Waals surface area (Å²) < 4.78 is 19.6. The Balaban J connectivity index is 1.54. The van der Waals surface area contributed by atoms with E-state index in [0.717, 1.165) is 25.0 Å². The molecule has 6 heteroatoms. The van der Waals surface area contributed by atoms with E-state index in [1.807, 2.05) is 0 Å². The van der Waals surface area contributed by atoms with Crippen LogP contribution in [-0.4, -0.2) is 30.1 Å². The van der Waals surface area contributed by atoms with Crippen LogP contribution in [0.1, 0.15) is 18.4 Å². The minimum absolute atomic E-state index is 0.136. The van der Waals surface area contributed by atoms with Gasteiger partial charge in [0.25, 0.3) is 0 Å². The van der Waals surface area contributed by atoms with Crippen molar-refractivity contribution in [2.75, 3.05) is 23.8 Å². The van der Waals surface area contributed by atoms with Crippen LogP contribution in [-0.2, 0) is 9.53 Å². The fourth-order valence-corrected chi connectivity index (χ4v) is 2.60. The summed E-state index contributed by atoms with van der Waals surface area (Å²) in [5, 5.41) is 5.69. The van der Waals surface area contributed by atoms with Gasteiger partial charge in [-0.3, -0.25) is 9.78 Å². The number of hydrogen-bond donors (Lipinski definition) is 2. The molecule has 0 bridgehead atoms. The van der Waals surface area contributed by atoms with Crippen molar-refractivity contribution in [3.63, 3.8) is 0 Å². The lowest BCUT2D eigenvalue weighted by molar-refractivity contribution is -0.111. The molecule has 1 saturated heterocycles. The molecule has 1 fully saturated rings. The Labute approximate surface area is 145 Å². The fraction of sp³-hybridized carbons (Fsp3) is 0.263. The predicted octanol–water partition coefficient (Wildman–Crippen LogP) is 3.46. The van der Waals surface area contributed by atoms with Crippen LogP contribution in [0.4, 0.5) is 15.8 Å². The first-order valence-electron chi connectivity index (χ1n) is 8.25. The van der Waals surface area contributed by atoms with E-state index in [1.54, 1.807) is 42.7 Å². The highest BCUT2D eigenvalue weighted by Crippen LogP contribution is 2.20. The van der Waals surface area contributed by atoms with Crippen molar-refractivity contribution in [2.45, 2.75) is 18.9 Å². The topological polar surface area (TPSA) is 63.2 Å². The van der Waals surface area contributed by atoms with Gasteiger partial charge in [-0.1, -0.05) is 0 Å². The third-order valence-electron chi connectivity index (χ3n) is 3.91. The SMILES string of the molecule is O=C(/C=C/c1ccncc1)Nc1ccc(NCC2CCCO2)c(F)c1. The molecule has 1 aromatic heterocycles. The molecule has 1 unspecified atom stereocenters. The van der Waals surface area contributed by atoms with Crippen LogP contribution in [0.2, 0.25) is 0 Å². The molecule has 1 aliphatic rings. The van der Waals surface area contributed by atoms with Gasteiger partial charge in [0.2, 0.25) is 5.91 Å². The molecule has 2 N–H and O–H groups in total. The molecule has 0 saturated carbocycles. The van der Waals surface area contributed by atoms with E-state index in [0.29, 0.717) is 17.9 Å². The molecule has 0 aliphatic carbocycles. The van der Waals surface area contributed by atoms with Gasteiger partial charge in [-0.05, 0) is 54.8 Å². The second-order valence-corrected chi connectivity index (χ2v) is 5.81. The Hall–Kier alpha value is -2.73. The molecule has 1 aromatic carbocycles. The number of nitrogens with zero attached hydrogens (tertiary/aromatic N) is 1. The Bertz CT molecular complexity index is 744. The Kier molecular flexibility index (Phi) is 5.74. The number of anilines is 2. The molecular formula is C19H20FN3O2. The van der Waals surface area contributed by atoms with Gasteiger partial charge in [0.1, 0.15) is 5.82 Å². The zero-order valence-electron chi connectivity index (χ0n) is 13.7. The molecule has 1 atom stereocenters. The van der Waals surface area contributed by atoms with Crippen LogP contribution in [0.5, 0.6) is 0 Å². The van der Waals surface area contributed by atoms with Gasteiger partial charge in [0.05, 0.1) is 11.8 Å². The molecular weight excluding hydrogens is 321 g/mol. The zero-order valence-corrected chi connectivity index (χ0v) is 13.7. The molecule has 1 amide bonds. The highest BCUT2D eigenvalue weighted by Gasteiger charge is 2.15. The number of halogens is 1. The number of ether oxygens (including phenoxy) is 1. The molecule has 5 nitrogen and oxygen atoms in total. The van der Waals surface area contributed by atoms with Crippen molar-refractivity contribution in [1.82, 2.24) is 4.98 Å². The summed E-state index contributed by atoms with van der Waals surface area (Å²) in [5.41, 5.74) is 1.68. The van der Waals surface area contributed by atoms with Gasteiger partial charge in [-0.15, -0.1) is 0 Å². The van der Waals surface area contributed by atoms with Crippen molar-refractivity contribution < 1.29 is 13.9 Å². The average molecular weight is 341 g/mol. The van der Waals surface area contributed by atoms with Crippen molar-refractivity contribution in [3.05, 3.63) is 60.2 Å². The summed E-state index contributed by atoms with van der Waals surface area (Å²) in [5.74, 6) is -0.731. The summed E-state index contributed by atoms with van der Waals surface area (Å²) in [6, 6.07) is 8.16. The third kappa shape index (κ3) is 5.12. The van der Waals surface area contributed by atoms with Gasteiger partial charge in [0.15, 0.2) is 0 Å². The highest BCUT2D eigenvalue weighted by atomic mass is 19.1. The van der Waals surface area contributed by atoms with Crippen LogP contribution in [0, 0.1) is 5.82 Å². The molecule has 2 aromatic rings. The van der Waals surface area contributed by atoms with Crippen molar-refractivity contribution in [3.8, 4) is 0 Å². The summed E-state index contributed by atoms with van der Waals surface area (Å²) >= 11 is 0. The van der Waals surface area contributed by atoms with Crippen LogP contribution in [0.25, 0.3) is 6.08 Å². The number of carbonyl (C=O) groups is 1. The minimum Gasteiger partial charge on any atom is -0.380 e. The number of amides is 1. The normalized spacial score (nSPS) is 16.9. The van der Waals surface area contributed by atoms with E-state index < -0.39 is 5.82 Å². The number of nitrogens with one attached hydrogen (secondary N) is 2. The van der Waals surface area contributed by atoms with Gasteiger partial charge in [-0.25, -0.2) is 4.39 Å². The Morgan fingerprint density at radius 3 is 2.88 bits per heavy atom. The van der Waals surface area contributed by atoms with Crippen LogP contribution >= 0.6 is 0 Å². The smallest absolute Gasteiger partial charge is 0.248 e. The number of rotatable bonds is 6. The Morgan fingerprint density at radius 2 is 2.16 bits per heavy atom. The van der Waals surface area contributed by atoms with Crippen LogP contribution < -0.4 is 10.6 Å². The average Bonchev–Trinajstić information content (AvgIpc) is 3.14. The largest absolute Gasteiger partial charge is 0.380 e. The first-order valence-corrected chi connectivity index (χ1v) is 8.25. The van der Waals surface area contributed by atoms with Crippen LogP contribution in [0.15, 0.2) is 48.8 Å². The lowest BCUT2D eigenvalue weighted by Crippen LogP contribution is -2.19.